The SMILES string of the molecule is Cc1ccc(C(=O)NC(C)C)cc1-c1nc(N2CCCC2)nc2c1CNC(=O)N2c1c(F)cccc1F.Cc1ccc(C(=O)NC(C)C)cc1-c1nc(S(C)=O)nc2c1CNC(=O)N2c1c(F)cccc1F. The number of amides is 6. The van der Waals surface area contributed by atoms with E-state index in [0.717, 1.165) is 71.1 Å². The van der Waals surface area contributed by atoms with E-state index in [1.54, 1.807) is 30.3 Å². The molecule has 9 rings (SSSR count). The highest BCUT2D eigenvalue weighted by Crippen LogP contribution is 2.41. The molecule has 6 aromatic rings. The van der Waals surface area contributed by atoms with Crippen LogP contribution >= 0.6 is 0 Å². The van der Waals surface area contributed by atoms with E-state index >= 15 is 0 Å². The Kier molecular flexibility index (Phi) is 14.7. The number of nitrogens with zero attached hydrogens (tertiary/aromatic N) is 7. The molecule has 0 aliphatic carbocycles. The minimum atomic E-state index is -1.68. The van der Waals surface area contributed by atoms with Crippen molar-refractivity contribution in [2.45, 2.75) is 84.7 Å². The number of fused-ring (bicyclic) bond motifs is 2. The van der Waals surface area contributed by atoms with Crippen LogP contribution in [0.15, 0.2) is 78.0 Å². The van der Waals surface area contributed by atoms with Crippen molar-refractivity contribution in [2.75, 3.05) is 34.0 Å². The fourth-order valence-electron chi connectivity index (χ4n) is 8.47. The number of carbonyl (C=O) groups excluding carboxylic acids is 4. The van der Waals surface area contributed by atoms with Crippen molar-refractivity contribution in [3.63, 3.8) is 0 Å². The van der Waals surface area contributed by atoms with Gasteiger partial charge in [-0.05, 0) is 114 Å². The van der Waals surface area contributed by atoms with Crippen molar-refractivity contribution in [3.05, 3.63) is 129 Å². The zero-order valence-electron chi connectivity index (χ0n) is 40.4. The molecule has 0 spiro atoms. The van der Waals surface area contributed by atoms with Gasteiger partial charge in [0.1, 0.15) is 34.6 Å². The molecule has 374 valence electrons. The van der Waals surface area contributed by atoms with E-state index < -0.39 is 57.5 Å². The Bertz CT molecular complexity index is 3150. The monoisotopic (exact) mass is 1010 g/mol. The lowest BCUT2D eigenvalue weighted by Crippen LogP contribution is -2.43. The summed E-state index contributed by atoms with van der Waals surface area (Å²) in [6.07, 6.45) is 3.29. The van der Waals surface area contributed by atoms with Gasteiger partial charge in [-0.2, -0.15) is 4.98 Å². The number of aromatic nitrogens is 4. The Morgan fingerprint density at radius 2 is 1.04 bits per heavy atom. The van der Waals surface area contributed by atoms with Crippen LogP contribution < -0.4 is 36.0 Å². The summed E-state index contributed by atoms with van der Waals surface area (Å²) in [5.74, 6) is -3.77. The average molecular weight is 1010 g/mol. The summed E-state index contributed by atoms with van der Waals surface area (Å²) in [4.78, 5) is 73.2. The number of para-hydroxylation sites is 2. The third-order valence-electron chi connectivity index (χ3n) is 11.9. The molecule has 1 atom stereocenters. The molecular weight excluding hydrogens is 955 g/mol. The molecule has 16 nitrogen and oxygen atoms in total. The number of halogens is 4. The summed E-state index contributed by atoms with van der Waals surface area (Å²) in [5.41, 5.74) is 4.24. The molecule has 0 saturated carbocycles. The van der Waals surface area contributed by atoms with Gasteiger partial charge in [0, 0.05) is 64.8 Å². The number of carbonyl (C=O) groups is 4. The summed E-state index contributed by atoms with van der Waals surface area (Å²) in [6.45, 7) is 12.7. The van der Waals surface area contributed by atoms with Crippen LogP contribution in [0.25, 0.3) is 22.5 Å². The first kappa shape index (κ1) is 50.6. The van der Waals surface area contributed by atoms with Gasteiger partial charge in [0.2, 0.25) is 11.1 Å². The largest absolute Gasteiger partial charge is 0.350 e. The highest BCUT2D eigenvalue weighted by atomic mass is 32.2. The van der Waals surface area contributed by atoms with E-state index in [2.05, 4.69) is 36.2 Å². The van der Waals surface area contributed by atoms with Gasteiger partial charge in [0.15, 0.2) is 11.6 Å². The molecule has 5 heterocycles. The molecule has 72 heavy (non-hydrogen) atoms. The number of nitrogens with one attached hydrogen (secondary N) is 4. The maximum atomic E-state index is 14.9. The Hall–Kier alpha value is -7.81. The van der Waals surface area contributed by atoms with Gasteiger partial charge in [0.05, 0.1) is 35.3 Å². The maximum Gasteiger partial charge on any atom is 0.328 e. The van der Waals surface area contributed by atoms with Crippen LogP contribution in [0.5, 0.6) is 0 Å². The van der Waals surface area contributed by atoms with Crippen molar-refractivity contribution >= 4 is 63.6 Å². The fourth-order valence-corrected chi connectivity index (χ4v) is 8.90. The number of hydrogen-bond acceptors (Lipinski definition) is 10. The zero-order valence-corrected chi connectivity index (χ0v) is 41.2. The maximum absolute atomic E-state index is 14.9. The summed E-state index contributed by atoms with van der Waals surface area (Å²) in [7, 11) is -1.68. The number of anilines is 5. The van der Waals surface area contributed by atoms with Gasteiger partial charge in [-0.15, -0.1) is 0 Å². The van der Waals surface area contributed by atoms with Crippen molar-refractivity contribution in [2.24, 2.45) is 0 Å². The molecule has 4 N–H and O–H groups in total. The third kappa shape index (κ3) is 10.2. The number of rotatable bonds is 10. The lowest BCUT2D eigenvalue weighted by molar-refractivity contribution is 0.0934. The first-order valence-corrected chi connectivity index (χ1v) is 24.7. The second-order valence-corrected chi connectivity index (χ2v) is 19.2. The summed E-state index contributed by atoms with van der Waals surface area (Å²) < 4.78 is 71.5. The van der Waals surface area contributed by atoms with E-state index in [1.165, 1.54) is 18.4 Å². The molecule has 0 radical (unpaired) electrons. The zero-order chi connectivity index (χ0) is 51.7. The predicted octanol–water partition coefficient (Wildman–Crippen LogP) is 8.80. The van der Waals surface area contributed by atoms with Gasteiger partial charge < -0.3 is 26.2 Å². The van der Waals surface area contributed by atoms with Gasteiger partial charge in [-0.25, -0.2) is 51.9 Å². The summed E-state index contributed by atoms with van der Waals surface area (Å²) in [5, 5.41) is 10.9. The smallest absolute Gasteiger partial charge is 0.328 e. The van der Waals surface area contributed by atoms with E-state index in [0.29, 0.717) is 50.7 Å². The van der Waals surface area contributed by atoms with Crippen molar-refractivity contribution in [3.8, 4) is 22.5 Å². The standard InChI is InChI=1S/C27H28F2N6O2.C24H23F2N5O3S/c1-15(2)31-25(36)17-10-9-16(3)18(13-17)22-19-14-30-27(37)35(23-20(28)7-6-8-21(23)29)24(19)33-26(32-22)34-11-4-5-12-34;1-12(2)28-22(32)14-9-8-13(3)15(10-14)19-16-11-27-24(33)31(20-17(25)6-5-7-18(20)26)21(16)30-23(29-19)35(4)34/h6-10,13,15H,4-5,11-12,14H2,1-3H3,(H,30,37)(H,31,36);5-10,12H,11H2,1-4H3,(H,27,33)(H,28,32). The second kappa shape index (κ2) is 20.9. The van der Waals surface area contributed by atoms with Crippen LogP contribution in [0.2, 0.25) is 0 Å². The summed E-state index contributed by atoms with van der Waals surface area (Å²) >= 11 is 0. The Labute approximate surface area is 415 Å². The Morgan fingerprint density at radius 3 is 1.46 bits per heavy atom. The van der Waals surface area contributed by atoms with Gasteiger partial charge in [-0.1, -0.05) is 24.3 Å². The minimum absolute atomic E-state index is 0.0332. The van der Waals surface area contributed by atoms with Crippen LogP contribution in [0.3, 0.4) is 0 Å². The molecule has 1 fully saturated rings. The van der Waals surface area contributed by atoms with Crippen LogP contribution in [-0.2, 0) is 23.9 Å². The highest BCUT2D eigenvalue weighted by molar-refractivity contribution is 7.84. The predicted molar refractivity (Wildman–Crippen MR) is 265 cm³/mol. The van der Waals surface area contributed by atoms with E-state index in [-0.39, 0.29) is 53.8 Å². The van der Waals surface area contributed by atoms with Crippen LogP contribution in [0.4, 0.5) is 56.1 Å². The lowest BCUT2D eigenvalue weighted by atomic mass is 9.97. The molecule has 1 saturated heterocycles. The molecule has 1 unspecified atom stereocenters. The number of urea groups is 2. The van der Waals surface area contributed by atoms with Crippen molar-refractivity contribution < 1.29 is 40.9 Å². The normalized spacial score (nSPS) is 14.5. The summed E-state index contributed by atoms with van der Waals surface area (Å²) in [6, 6.07) is 15.5. The van der Waals surface area contributed by atoms with Crippen LogP contribution in [0, 0.1) is 37.1 Å². The van der Waals surface area contributed by atoms with Gasteiger partial charge in [0.25, 0.3) is 11.8 Å². The molecule has 3 aliphatic rings. The first-order chi connectivity index (χ1) is 34.3. The van der Waals surface area contributed by atoms with Crippen LogP contribution in [-0.4, -0.2) is 79.5 Å². The van der Waals surface area contributed by atoms with E-state index in [4.69, 9.17) is 4.98 Å². The fraction of sp³-hybridized carbons (Fsp3) is 0.294. The molecule has 21 heteroatoms. The van der Waals surface area contributed by atoms with E-state index in [1.807, 2.05) is 52.5 Å². The minimum Gasteiger partial charge on any atom is -0.350 e. The first-order valence-electron chi connectivity index (χ1n) is 23.1. The van der Waals surface area contributed by atoms with Gasteiger partial charge in [-0.3, -0.25) is 13.8 Å². The van der Waals surface area contributed by atoms with Crippen LogP contribution in [0.1, 0.15) is 83.5 Å². The van der Waals surface area contributed by atoms with E-state index in [9.17, 15) is 40.9 Å². The second-order valence-electron chi connectivity index (χ2n) is 17.9. The lowest BCUT2D eigenvalue weighted by Gasteiger charge is -2.32. The highest BCUT2D eigenvalue weighted by Gasteiger charge is 2.37. The average Bonchev–Trinajstić information content (AvgIpc) is 3.88. The number of aryl methyl sites for hydroxylation is 2. The third-order valence-corrected chi connectivity index (χ3v) is 12.6. The molecule has 3 aliphatic heterocycles. The Balaban J connectivity index is 0.000000193. The quantitative estimate of drug-likeness (QED) is 0.0761. The molecule has 6 amide bonds. The topological polar surface area (TPSA) is 195 Å². The number of hydrogen-bond donors (Lipinski definition) is 4. The van der Waals surface area contributed by atoms with Crippen molar-refractivity contribution in [1.82, 2.24) is 41.2 Å². The Morgan fingerprint density at radius 1 is 0.625 bits per heavy atom. The molecular formula is C51H51F4N11O5S. The molecule has 2 aromatic heterocycles. The molecule has 0 bridgehead atoms. The van der Waals surface area contributed by atoms with Crippen molar-refractivity contribution in [1.29, 1.82) is 0 Å². The number of benzene rings is 4. The molecule has 4 aromatic carbocycles. The van der Waals surface area contributed by atoms with Gasteiger partial charge >= 0.3 is 12.1 Å².